The van der Waals surface area contributed by atoms with Crippen molar-refractivity contribution in [2.45, 2.75) is 11.9 Å². The summed E-state index contributed by atoms with van der Waals surface area (Å²) in [5, 5.41) is -0.798. The number of esters is 1. The number of nitrogens with zero attached hydrogens (tertiary/aromatic N) is 4. The standard InChI is InChI=1S/C9H10ClN5O2/c1-17-9(16)5(10)2-15-4-14-6-7(11)12-3-13-8(6)15/h3-5H,2H2,1H3,(H2,11,12,13). The highest BCUT2D eigenvalue weighted by Crippen LogP contribution is 2.15. The second-order valence-corrected chi connectivity index (χ2v) is 3.85. The Hall–Kier alpha value is -1.89. The van der Waals surface area contributed by atoms with E-state index in [1.807, 2.05) is 0 Å². The Morgan fingerprint density at radius 2 is 2.35 bits per heavy atom. The maximum atomic E-state index is 11.2. The first-order valence-electron chi connectivity index (χ1n) is 4.76. The molecule has 90 valence electrons. The molecule has 0 spiro atoms. The van der Waals surface area contributed by atoms with Crippen molar-refractivity contribution in [1.82, 2.24) is 19.5 Å². The van der Waals surface area contributed by atoms with E-state index in [0.29, 0.717) is 11.2 Å². The first-order valence-corrected chi connectivity index (χ1v) is 5.20. The van der Waals surface area contributed by atoms with Crippen molar-refractivity contribution in [3.63, 3.8) is 0 Å². The molecule has 0 saturated carbocycles. The van der Waals surface area contributed by atoms with Crippen molar-refractivity contribution in [2.75, 3.05) is 12.8 Å². The minimum Gasteiger partial charge on any atom is -0.468 e. The van der Waals surface area contributed by atoms with Gasteiger partial charge in [-0.3, -0.25) is 4.79 Å². The van der Waals surface area contributed by atoms with Crippen molar-refractivity contribution < 1.29 is 9.53 Å². The van der Waals surface area contributed by atoms with Crippen molar-refractivity contribution in [3.8, 4) is 0 Å². The van der Waals surface area contributed by atoms with Crippen LogP contribution in [0.1, 0.15) is 0 Å². The van der Waals surface area contributed by atoms with Crippen LogP contribution in [-0.4, -0.2) is 38.0 Å². The second-order valence-electron chi connectivity index (χ2n) is 3.32. The molecule has 2 aromatic heterocycles. The van der Waals surface area contributed by atoms with Crippen molar-refractivity contribution in [2.24, 2.45) is 0 Å². The predicted molar refractivity (Wildman–Crippen MR) is 61.4 cm³/mol. The van der Waals surface area contributed by atoms with E-state index >= 15 is 0 Å². The number of rotatable bonds is 3. The Labute approximate surface area is 102 Å². The number of ether oxygens (including phenoxy) is 1. The van der Waals surface area contributed by atoms with Crippen LogP contribution in [0.3, 0.4) is 0 Å². The number of anilines is 1. The lowest BCUT2D eigenvalue weighted by atomic mass is 10.4. The first-order chi connectivity index (χ1) is 8.13. The van der Waals surface area contributed by atoms with E-state index in [9.17, 15) is 4.79 Å². The number of nitrogens with two attached hydrogens (primary N) is 1. The third-order valence-corrected chi connectivity index (χ3v) is 2.56. The number of methoxy groups -OCH3 is 1. The lowest BCUT2D eigenvalue weighted by Gasteiger charge is -2.08. The van der Waals surface area contributed by atoms with Crippen LogP contribution < -0.4 is 5.73 Å². The van der Waals surface area contributed by atoms with Gasteiger partial charge >= 0.3 is 5.97 Å². The third-order valence-electron chi connectivity index (χ3n) is 2.24. The van der Waals surface area contributed by atoms with E-state index in [-0.39, 0.29) is 12.4 Å². The molecular weight excluding hydrogens is 246 g/mol. The van der Waals surface area contributed by atoms with Gasteiger partial charge in [-0.15, -0.1) is 11.6 Å². The number of fused-ring (bicyclic) bond motifs is 1. The fraction of sp³-hybridized carbons (Fsp3) is 0.333. The molecule has 0 aliphatic heterocycles. The van der Waals surface area contributed by atoms with Gasteiger partial charge in [0.05, 0.1) is 20.0 Å². The van der Waals surface area contributed by atoms with Crippen molar-refractivity contribution in [3.05, 3.63) is 12.7 Å². The Balaban J connectivity index is 2.31. The normalized spacial score (nSPS) is 12.6. The summed E-state index contributed by atoms with van der Waals surface area (Å²) in [6.07, 6.45) is 2.84. The Morgan fingerprint density at radius 1 is 1.59 bits per heavy atom. The van der Waals surface area contributed by atoms with E-state index in [4.69, 9.17) is 17.3 Å². The first kappa shape index (κ1) is 11.6. The van der Waals surface area contributed by atoms with Gasteiger partial charge in [-0.25, -0.2) is 15.0 Å². The highest BCUT2D eigenvalue weighted by atomic mass is 35.5. The van der Waals surface area contributed by atoms with Crippen LogP contribution in [-0.2, 0) is 16.1 Å². The average molecular weight is 256 g/mol. The van der Waals surface area contributed by atoms with Crippen LogP contribution in [0.15, 0.2) is 12.7 Å². The summed E-state index contributed by atoms with van der Waals surface area (Å²) in [4.78, 5) is 23.1. The molecule has 17 heavy (non-hydrogen) atoms. The molecule has 2 aromatic rings. The van der Waals surface area contributed by atoms with Gasteiger partial charge in [-0.1, -0.05) is 0 Å². The number of aromatic nitrogens is 4. The van der Waals surface area contributed by atoms with Crippen LogP contribution in [0.25, 0.3) is 11.2 Å². The summed E-state index contributed by atoms with van der Waals surface area (Å²) < 4.78 is 6.16. The molecule has 2 heterocycles. The number of carbonyl (C=O) groups excluding carboxylic acids is 1. The van der Waals surface area contributed by atoms with Gasteiger partial charge in [0.15, 0.2) is 11.5 Å². The van der Waals surface area contributed by atoms with Gasteiger partial charge in [-0.2, -0.15) is 0 Å². The fourth-order valence-corrected chi connectivity index (χ4v) is 1.65. The molecule has 0 aliphatic carbocycles. The van der Waals surface area contributed by atoms with Gasteiger partial charge in [0.25, 0.3) is 0 Å². The largest absolute Gasteiger partial charge is 0.468 e. The lowest BCUT2D eigenvalue weighted by Crippen LogP contribution is -2.21. The number of hydrogen-bond donors (Lipinski definition) is 1. The molecular formula is C9H10ClN5O2. The SMILES string of the molecule is COC(=O)C(Cl)Cn1cnc2c(N)ncnc21. The molecule has 0 amide bonds. The summed E-state index contributed by atoms with van der Waals surface area (Å²) in [7, 11) is 1.28. The third kappa shape index (κ3) is 2.14. The lowest BCUT2D eigenvalue weighted by molar-refractivity contribution is -0.140. The summed E-state index contributed by atoms with van der Waals surface area (Å²) in [6.45, 7) is 0.210. The van der Waals surface area contributed by atoms with E-state index in [2.05, 4.69) is 19.7 Å². The van der Waals surface area contributed by atoms with Crippen LogP contribution in [0.5, 0.6) is 0 Å². The zero-order valence-electron chi connectivity index (χ0n) is 9.00. The summed E-state index contributed by atoms with van der Waals surface area (Å²) >= 11 is 5.87. The molecule has 2 N–H and O–H groups in total. The molecule has 7 nitrogen and oxygen atoms in total. The van der Waals surface area contributed by atoms with Crippen LogP contribution in [0, 0.1) is 0 Å². The minimum absolute atomic E-state index is 0.210. The zero-order chi connectivity index (χ0) is 12.4. The quantitative estimate of drug-likeness (QED) is 0.621. The van der Waals surface area contributed by atoms with Gasteiger partial charge in [-0.05, 0) is 0 Å². The number of alkyl halides is 1. The van der Waals surface area contributed by atoms with Crippen molar-refractivity contribution >= 4 is 34.6 Å². The predicted octanol–water partition coefficient (Wildman–Crippen LogP) is 0.189. The Kier molecular flexibility index (Phi) is 3.10. The molecule has 8 heteroatoms. The van der Waals surface area contributed by atoms with E-state index in [0.717, 1.165) is 0 Å². The van der Waals surface area contributed by atoms with Crippen LogP contribution in [0.2, 0.25) is 0 Å². The van der Waals surface area contributed by atoms with Gasteiger partial charge in [0, 0.05) is 0 Å². The number of hydrogen-bond acceptors (Lipinski definition) is 6. The summed E-state index contributed by atoms with van der Waals surface area (Å²) in [5.74, 6) is -0.214. The number of imidazole rings is 1. The maximum Gasteiger partial charge on any atom is 0.325 e. The minimum atomic E-state index is -0.798. The molecule has 0 fully saturated rings. The molecule has 2 rings (SSSR count). The Bertz CT molecular complexity index is 555. The number of halogens is 1. The van der Waals surface area contributed by atoms with Gasteiger partial charge in [0.1, 0.15) is 17.2 Å². The zero-order valence-corrected chi connectivity index (χ0v) is 9.76. The smallest absolute Gasteiger partial charge is 0.325 e. The molecule has 0 bridgehead atoms. The van der Waals surface area contributed by atoms with Gasteiger partial charge < -0.3 is 15.0 Å². The summed E-state index contributed by atoms with van der Waals surface area (Å²) in [6, 6.07) is 0. The fourth-order valence-electron chi connectivity index (χ4n) is 1.41. The average Bonchev–Trinajstić information content (AvgIpc) is 2.73. The molecule has 1 unspecified atom stereocenters. The van der Waals surface area contributed by atoms with E-state index < -0.39 is 11.3 Å². The monoisotopic (exact) mass is 255 g/mol. The van der Waals surface area contributed by atoms with Gasteiger partial charge in [0.2, 0.25) is 0 Å². The highest BCUT2D eigenvalue weighted by Gasteiger charge is 2.18. The summed E-state index contributed by atoms with van der Waals surface area (Å²) in [5.41, 5.74) is 6.66. The molecule has 0 saturated heterocycles. The van der Waals surface area contributed by atoms with Crippen molar-refractivity contribution in [1.29, 1.82) is 0 Å². The molecule has 0 aromatic carbocycles. The van der Waals surface area contributed by atoms with E-state index in [1.165, 1.54) is 19.8 Å². The maximum absolute atomic E-state index is 11.2. The molecule has 1 atom stereocenters. The highest BCUT2D eigenvalue weighted by molar-refractivity contribution is 6.29. The van der Waals surface area contributed by atoms with Crippen LogP contribution >= 0.6 is 11.6 Å². The molecule has 0 radical (unpaired) electrons. The number of nitrogen functional groups attached to an aromatic ring is 1. The second kappa shape index (κ2) is 4.54. The Morgan fingerprint density at radius 3 is 3.06 bits per heavy atom. The van der Waals surface area contributed by atoms with Crippen LogP contribution in [0.4, 0.5) is 5.82 Å². The number of carbonyl (C=O) groups is 1. The molecule has 0 aliphatic rings. The topological polar surface area (TPSA) is 95.9 Å². The van der Waals surface area contributed by atoms with E-state index in [1.54, 1.807) is 4.57 Å².